The van der Waals surface area contributed by atoms with Gasteiger partial charge in [-0.05, 0) is 55.7 Å². The molecule has 0 bridgehead atoms. The van der Waals surface area contributed by atoms with Crippen LogP contribution in [0.1, 0.15) is 41.3 Å². The average Bonchev–Trinajstić information content (AvgIpc) is 2.76. The van der Waals surface area contributed by atoms with E-state index in [9.17, 15) is 9.59 Å². The molecular weight excluding hydrogens is 368 g/mol. The molecule has 150 valence electrons. The van der Waals surface area contributed by atoms with Gasteiger partial charge in [-0.3, -0.25) is 14.6 Å². The number of aromatic amines is 1. The normalized spacial score (nSPS) is 18.7. The van der Waals surface area contributed by atoms with Crippen LogP contribution in [0.15, 0.2) is 58.2 Å². The number of pyridine rings is 1. The van der Waals surface area contributed by atoms with Crippen molar-refractivity contribution in [3.05, 3.63) is 69.9 Å². The largest absolute Gasteiger partial charge is 0.385 e. The number of nitrogens with two attached hydrogens (primary N) is 1. The first-order chi connectivity index (χ1) is 14.1. The molecule has 5 N–H and O–H groups in total. The number of hydrogen-bond acceptors (Lipinski definition) is 6. The summed E-state index contributed by atoms with van der Waals surface area (Å²) in [4.78, 5) is 34.1. The number of amides is 1. The second-order valence-corrected chi connectivity index (χ2v) is 7.19. The molecule has 1 saturated heterocycles. The minimum absolute atomic E-state index is 0.165. The number of piperidine rings is 1. The third kappa shape index (κ3) is 4.31. The second kappa shape index (κ2) is 8.22. The van der Waals surface area contributed by atoms with Crippen molar-refractivity contribution < 1.29 is 4.79 Å². The van der Waals surface area contributed by atoms with Gasteiger partial charge >= 0.3 is 0 Å². The number of hydrogen-bond donors (Lipinski definition) is 4. The molecule has 0 spiro atoms. The third-order valence-electron chi connectivity index (χ3n) is 5.13. The molecule has 1 amide bonds. The predicted octanol–water partition coefficient (Wildman–Crippen LogP) is 2.09. The summed E-state index contributed by atoms with van der Waals surface area (Å²) in [7, 11) is 0. The van der Waals surface area contributed by atoms with Crippen molar-refractivity contribution >= 4 is 23.5 Å². The fraction of sp³-hybridized carbons (Fsp3) is 0.286. The Kier molecular flexibility index (Phi) is 5.33. The lowest BCUT2D eigenvalue weighted by Gasteiger charge is -2.28. The zero-order valence-electron chi connectivity index (χ0n) is 16.0. The lowest BCUT2D eigenvalue weighted by Crippen LogP contribution is -2.29. The minimum atomic E-state index is -0.420. The van der Waals surface area contributed by atoms with E-state index in [1.807, 2.05) is 12.1 Å². The Morgan fingerprint density at radius 1 is 1.17 bits per heavy atom. The van der Waals surface area contributed by atoms with Gasteiger partial charge in [0, 0.05) is 42.3 Å². The summed E-state index contributed by atoms with van der Waals surface area (Å²) < 4.78 is 0. The number of carbonyl (C=O) groups excluding carboxylic acids is 1. The van der Waals surface area contributed by atoms with Crippen molar-refractivity contribution in [1.29, 1.82) is 0 Å². The summed E-state index contributed by atoms with van der Waals surface area (Å²) in [5.41, 5.74) is 7.86. The molecule has 1 aromatic heterocycles. The molecule has 8 nitrogen and oxygen atoms in total. The van der Waals surface area contributed by atoms with Crippen LogP contribution >= 0.6 is 0 Å². The Hall–Kier alpha value is -3.55. The van der Waals surface area contributed by atoms with E-state index in [1.165, 1.54) is 19.3 Å². The first-order valence-corrected chi connectivity index (χ1v) is 9.74. The third-order valence-corrected chi connectivity index (χ3v) is 5.13. The quantitative estimate of drug-likeness (QED) is 0.636. The van der Waals surface area contributed by atoms with Crippen LogP contribution in [0.2, 0.25) is 0 Å². The van der Waals surface area contributed by atoms with E-state index in [1.54, 1.807) is 36.7 Å². The van der Waals surface area contributed by atoms with Crippen molar-refractivity contribution in [2.75, 3.05) is 23.3 Å². The number of aromatic nitrogens is 1. The summed E-state index contributed by atoms with van der Waals surface area (Å²) in [5, 5.41) is 5.70. The Morgan fingerprint density at radius 3 is 2.66 bits per heavy atom. The highest BCUT2D eigenvalue weighted by molar-refractivity contribution is 6.04. The van der Waals surface area contributed by atoms with Gasteiger partial charge in [0.2, 0.25) is 0 Å². The van der Waals surface area contributed by atoms with Gasteiger partial charge in [-0.15, -0.1) is 0 Å². The molecule has 2 aliphatic rings. The van der Waals surface area contributed by atoms with Gasteiger partial charge in [-0.2, -0.15) is 0 Å². The summed E-state index contributed by atoms with van der Waals surface area (Å²) >= 11 is 0. The highest BCUT2D eigenvalue weighted by Crippen LogP contribution is 2.21. The van der Waals surface area contributed by atoms with E-state index in [0.717, 1.165) is 18.8 Å². The molecule has 29 heavy (non-hydrogen) atoms. The number of nitrogens with zero attached hydrogens (tertiary/aromatic N) is 2. The van der Waals surface area contributed by atoms with Crippen molar-refractivity contribution in [1.82, 2.24) is 10.3 Å². The van der Waals surface area contributed by atoms with Gasteiger partial charge in [0.25, 0.3) is 11.5 Å². The zero-order chi connectivity index (χ0) is 20.2. The fourth-order valence-corrected chi connectivity index (χ4v) is 3.54. The van der Waals surface area contributed by atoms with E-state index >= 15 is 0 Å². The maximum atomic E-state index is 12.6. The summed E-state index contributed by atoms with van der Waals surface area (Å²) in [5.74, 6) is 0.146. The van der Waals surface area contributed by atoms with E-state index in [0.29, 0.717) is 16.9 Å². The number of nitrogens with one attached hydrogen (secondary N) is 3. The molecule has 1 aromatic carbocycles. The van der Waals surface area contributed by atoms with Crippen LogP contribution in [0.3, 0.4) is 0 Å². The van der Waals surface area contributed by atoms with Crippen LogP contribution in [0.25, 0.3) is 0 Å². The highest BCUT2D eigenvalue weighted by Gasteiger charge is 2.16. The van der Waals surface area contributed by atoms with E-state index < -0.39 is 6.17 Å². The molecule has 2 aromatic rings. The van der Waals surface area contributed by atoms with Crippen LogP contribution in [0.5, 0.6) is 0 Å². The lowest BCUT2D eigenvalue weighted by atomic mass is 10.1. The van der Waals surface area contributed by atoms with Gasteiger partial charge in [-0.25, -0.2) is 0 Å². The van der Waals surface area contributed by atoms with Gasteiger partial charge in [0.1, 0.15) is 11.9 Å². The number of benzene rings is 1. The highest BCUT2D eigenvalue weighted by atomic mass is 16.2. The molecule has 3 heterocycles. The zero-order valence-corrected chi connectivity index (χ0v) is 16.0. The molecular formula is C21H24N6O2. The predicted molar refractivity (Wildman–Crippen MR) is 114 cm³/mol. The molecule has 1 fully saturated rings. The van der Waals surface area contributed by atoms with Crippen LogP contribution < -0.4 is 26.8 Å². The molecule has 1 unspecified atom stereocenters. The summed E-state index contributed by atoms with van der Waals surface area (Å²) in [6, 6.07) is 9.09. The van der Waals surface area contributed by atoms with Gasteiger partial charge in [0.15, 0.2) is 0 Å². The number of allylic oxidation sites excluding steroid dienone is 1. The Morgan fingerprint density at radius 2 is 1.93 bits per heavy atom. The molecule has 0 aliphatic carbocycles. The second-order valence-electron chi connectivity index (χ2n) is 7.19. The van der Waals surface area contributed by atoms with Crippen molar-refractivity contribution in [3.63, 3.8) is 0 Å². The van der Waals surface area contributed by atoms with Gasteiger partial charge in [0.05, 0.1) is 5.82 Å². The molecule has 8 heteroatoms. The fourth-order valence-electron chi connectivity index (χ4n) is 3.54. The number of carbonyl (C=O) groups is 1. The topological polar surface area (TPSA) is 116 Å². The number of H-pyrrole nitrogens is 1. The first-order valence-electron chi connectivity index (χ1n) is 9.74. The van der Waals surface area contributed by atoms with Crippen LogP contribution in [-0.4, -0.2) is 30.2 Å². The first kappa shape index (κ1) is 18.8. The SMILES string of the molecule is NC1=CC=NC(c2c[nH]c(=O)c(NC(=O)c3ccc(N4CCCCC4)cc3)c2)N1. The van der Waals surface area contributed by atoms with Crippen LogP contribution in [0.4, 0.5) is 11.4 Å². The molecule has 1 atom stereocenters. The molecule has 0 saturated carbocycles. The summed E-state index contributed by atoms with van der Waals surface area (Å²) in [6.07, 6.45) is 8.05. The Balaban J connectivity index is 1.48. The monoisotopic (exact) mass is 392 g/mol. The number of anilines is 2. The maximum absolute atomic E-state index is 12.6. The number of rotatable bonds is 4. The maximum Gasteiger partial charge on any atom is 0.271 e. The van der Waals surface area contributed by atoms with E-state index in [4.69, 9.17) is 5.73 Å². The van der Waals surface area contributed by atoms with Crippen LogP contribution in [-0.2, 0) is 0 Å². The van der Waals surface area contributed by atoms with Crippen LogP contribution in [0, 0.1) is 0 Å². The van der Waals surface area contributed by atoms with Crippen molar-refractivity contribution in [3.8, 4) is 0 Å². The number of aliphatic imine (C=N–C) groups is 1. The van der Waals surface area contributed by atoms with Crippen molar-refractivity contribution in [2.45, 2.75) is 25.4 Å². The smallest absolute Gasteiger partial charge is 0.271 e. The Labute approximate surface area is 168 Å². The van der Waals surface area contributed by atoms with Crippen molar-refractivity contribution in [2.24, 2.45) is 10.7 Å². The molecule has 0 radical (unpaired) electrons. The standard InChI is InChI=1S/C21H24N6O2/c22-18-8-9-23-19(26-18)15-12-17(21(29)24-13-15)25-20(28)14-4-6-16(7-5-14)27-10-2-1-3-11-27/h4-9,12-13,19,26H,1-3,10-11,22H2,(H,24,29)(H,25,28). The summed E-state index contributed by atoms with van der Waals surface area (Å²) in [6.45, 7) is 2.09. The molecule has 4 rings (SSSR count). The van der Waals surface area contributed by atoms with Gasteiger partial charge < -0.3 is 26.3 Å². The minimum Gasteiger partial charge on any atom is -0.385 e. The average molecular weight is 392 g/mol. The van der Waals surface area contributed by atoms with E-state index in [2.05, 4.69) is 25.5 Å². The Bertz CT molecular complexity index is 1000. The molecule has 2 aliphatic heterocycles. The van der Waals surface area contributed by atoms with E-state index in [-0.39, 0.29) is 17.2 Å². The van der Waals surface area contributed by atoms with Gasteiger partial charge in [-0.1, -0.05) is 0 Å². The lowest BCUT2D eigenvalue weighted by molar-refractivity contribution is 0.102.